The molecule has 0 radical (unpaired) electrons. The normalized spacial score (nSPS) is 17.0. The number of nitrogens with one attached hydrogen (secondary N) is 1. The summed E-state index contributed by atoms with van der Waals surface area (Å²) in [5.41, 5.74) is 2.35. The van der Waals surface area contributed by atoms with E-state index in [9.17, 15) is 9.59 Å². The largest absolute Gasteiger partial charge is 0.370 e. The Morgan fingerprint density at radius 2 is 1.79 bits per heavy atom. The number of fused-ring (bicyclic) bond motifs is 1. The number of piperidine rings is 1. The van der Waals surface area contributed by atoms with E-state index in [2.05, 4.69) is 26.3 Å². The zero-order chi connectivity index (χ0) is 22.9. The van der Waals surface area contributed by atoms with E-state index >= 15 is 0 Å². The van der Waals surface area contributed by atoms with Crippen LogP contribution in [0.5, 0.6) is 0 Å². The summed E-state index contributed by atoms with van der Waals surface area (Å²) in [5.74, 6) is 0.829. The molecule has 8 nitrogen and oxygen atoms in total. The van der Waals surface area contributed by atoms with Crippen molar-refractivity contribution >= 4 is 34.3 Å². The summed E-state index contributed by atoms with van der Waals surface area (Å²) < 4.78 is 1.73. The summed E-state index contributed by atoms with van der Waals surface area (Å²) in [6, 6.07) is 4.06. The highest BCUT2D eigenvalue weighted by Gasteiger charge is 2.25. The van der Waals surface area contributed by atoms with Crippen LogP contribution in [0, 0.1) is 6.92 Å². The van der Waals surface area contributed by atoms with Gasteiger partial charge in [0.1, 0.15) is 11.5 Å². The van der Waals surface area contributed by atoms with Gasteiger partial charge in [0, 0.05) is 30.7 Å². The van der Waals surface area contributed by atoms with Gasteiger partial charge in [0.05, 0.1) is 17.4 Å². The highest BCUT2D eigenvalue weighted by atomic mass is 16.1. The van der Waals surface area contributed by atoms with Crippen molar-refractivity contribution < 1.29 is 4.79 Å². The molecule has 0 bridgehead atoms. The number of aromatic nitrogens is 4. The average Bonchev–Trinajstić information content (AvgIpc) is 3.34. The summed E-state index contributed by atoms with van der Waals surface area (Å²) >= 11 is 0. The van der Waals surface area contributed by atoms with E-state index in [-0.39, 0.29) is 22.9 Å². The van der Waals surface area contributed by atoms with Gasteiger partial charge in [-0.2, -0.15) is 4.98 Å². The summed E-state index contributed by atoms with van der Waals surface area (Å²) in [6.07, 6.45) is 11.3. The second-order valence-electron chi connectivity index (χ2n) is 9.17. The Kier molecular flexibility index (Phi) is 5.83. The molecule has 5 rings (SSSR count). The monoisotopic (exact) mass is 446 g/mol. The lowest BCUT2D eigenvalue weighted by Gasteiger charge is -2.28. The van der Waals surface area contributed by atoms with Gasteiger partial charge in [0.15, 0.2) is 5.78 Å². The van der Waals surface area contributed by atoms with Crippen LogP contribution in [-0.2, 0) is 0 Å². The van der Waals surface area contributed by atoms with Crippen LogP contribution >= 0.6 is 0 Å². The number of pyridine rings is 2. The molecule has 0 aromatic carbocycles. The van der Waals surface area contributed by atoms with E-state index in [0.717, 1.165) is 49.8 Å². The molecule has 0 unspecified atom stereocenters. The third-order valence-corrected chi connectivity index (χ3v) is 6.96. The number of nitrogens with zero attached hydrogens (tertiary/aromatic N) is 5. The van der Waals surface area contributed by atoms with E-state index in [1.165, 1.54) is 26.2 Å². The first-order chi connectivity index (χ1) is 16.0. The number of hydrogen-bond acceptors (Lipinski definition) is 7. The molecule has 0 spiro atoms. The van der Waals surface area contributed by atoms with Crippen LogP contribution in [0.2, 0.25) is 0 Å². The molecule has 1 saturated carbocycles. The molecule has 1 aliphatic heterocycles. The predicted molar refractivity (Wildman–Crippen MR) is 130 cm³/mol. The lowest BCUT2D eigenvalue weighted by molar-refractivity contribution is 0.101. The molecule has 3 aromatic heterocycles. The molecule has 2 fully saturated rings. The first kappa shape index (κ1) is 21.6. The minimum absolute atomic E-state index is 0.0587. The summed E-state index contributed by atoms with van der Waals surface area (Å²) in [7, 11) is 0. The Bertz CT molecular complexity index is 1240. The van der Waals surface area contributed by atoms with Gasteiger partial charge < -0.3 is 10.2 Å². The second-order valence-corrected chi connectivity index (χ2v) is 9.17. The van der Waals surface area contributed by atoms with E-state index < -0.39 is 0 Å². The molecular formula is C25H30N6O2. The molecule has 172 valence electrons. The van der Waals surface area contributed by atoms with E-state index in [1.54, 1.807) is 17.7 Å². The highest BCUT2D eigenvalue weighted by Crippen LogP contribution is 2.32. The molecule has 4 heterocycles. The number of aryl methyl sites for hydroxylation is 1. The Morgan fingerprint density at radius 3 is 2.45 bits per heavy atom. The summed E-state index contributed by atoms with van der Waals surface area (Å²) in [6.45, 7) is 5.40. The van der Waals surface area contributed by atoms with Crippen LogP contribution in [-0.4, -0.2) is 38.4 Å². The van der Waals surface area contributed by atoms with Crippen LogP contribution in [0.1, 0.15) is 73.8 Å². The van der Waals surface area contributed by atoms with Gasteiger partial charge in [0.2, 0.25) is 5.95 Å². The van der Waals surface area contributed by atoms with Gasteiger partial charge >= 0.3 is 0 Å². The van der Waals surface area contributed by atoms with Gasteiger partial charge in [0.25, 0.3) is 5.56 Å². The molecule has 3 aromatic rings. The van der Waals surface area contributed by atoms with Crippen molar-refractivity contribution in [1.29, 1.82) is 0 Å². The van der Waals surface area contributed by atoms with Gasteiger partial charge in [-0.1, -0.05) is 12.8 Å². The number of carbonyl (C=O) groups excluding carboxylic acids is 1. The van der Waals surface area contributed by atoms with E-state index in [4.69, 9.17) is 4.98 Å². The van der Waals surface area contributed by atoms with Crippen molar-refractivity contribution in [3.63, 3.8) is 0 Å². The number of hydrogen-bond donors (Lipinski definition) is 1. The molecule has 1 N–H and O–H groups in total. The fourth-order valence-electron chi connectivity index (χ4n) is 5.22. The number of carbonyl (C=O) groups is 1. The van der Waals surface area contributed by atoms with Crippen LogP contribution in [0.4, 0.5) is 17.5 Å². The first-order valence-corrected chi connectivity index (χ1v) is 11.9. The average molecular weight is 447 g/mol. The molecule has 2 aliphatic rings. The summed E-state index contributed by atoms with van der Waals surface area (Å²) in [5, 5.41) is 3.93. The van der Waals surface area contributed by atoms with Crippen LogP contribution in [0.3, 0.4) is 0 Å². The van der Waals surface area contributed by atoms with E-state index in [0.29, 0.717) is 23.0 Å². The molecule has 8 heteroatoms. The molecular weight excluding hydrogens is 416 g/mol. The van der Waals surface area contributed by atoms with Crippen molar-refractivity contribution in [1.82, 2.24) is 19.5 Å². The first-order valence-electron chi connectivity index (χ1n) is 11.9. The van der Waals surface area contributed by atoms with Gasteiger partial charge in [-0.3, -0.25) is 14.2 Å². The third kappa shape index (κ3) is 4.10. The van der Waals surface area contributed by atoms with Crippen molar-refractivity contribution in [3.05, 3.63) is 46.0 Å². The Balaban J connectivity index is 1.51. The van der Waals surface area contributed by atoms with E-state index in [1.807, 2.05) is 12.3 Å². The van der Waals surface area contributed by atoms with Crippen molar-refractivity contribution in [2.75, 3.05) is 23.3 Å². The van der Waals surface area contributed by atoms with Gasteiger partial charge in [-0.25, -0.2) is 9.97 Å². The molecule has 33 heavy (non-hydrogen) atoms. The lowest BCUT2D eigenvalue weighted by Crippen LogP contribution is -2.30. The van der Waals surface area contributed by atoms with Gasteiger partial charge in [-0.05, 0) is 63.6 Å². The number of Topliss-reactive ketones (excluding diaryl/α,β-unsaturated/α-hetero) is 1. The number of anilines is 3. The van der Waals surface area contributed by atoms with Gasteiger partial charge in [-0.15, -0.1) is 0 Å². The molecule has 1 aliphatic carbocycles. The van der Waals surface area contributed by atoms with Crippen molar-refractivity contribution in [2.45, 2.75) is 64.8 Å². The molecule has 1 saturated heterocycles. The standard InChI is InChI=1S/C25H30N6O2/c1-16-20-15-27-25(28-21-11-10-19(14-26-21)30-12-6-3-7-13-30)29-23(20)31(18-8-4-5-9-18)24(33)22(16)17(2)32/h10-11,14-15,18H,3-9,12-13H2,1-2H3,(H,26,27,28,29). The smallest absolute Gasteiger partial charge is 0.263 e. The zero-order valence-electron chi connectivity index (χ0n) is 19.3. The minimum Gasteiger partial charge on any atom is -0.370 e. The SMILES string of the molecule is CC(=O)c1c(C)c2cnc(Nc3ccc(N4CCCCC4)cn3)nc2n(C2CCCC2)c1=O. The quantitative estimate of drug-likeness (QED) is 0.575. The fraction of sp³-hybridized carbons (Fsp3) is 0.480. The van der Waals surface area contributed by atoms with Crippen molar-refractivity contribution in [2.24, 2.45) is 0 Å². The van der Waals surface area contributed by atoms with Crippen LogP contribution in [0.15, 0.2) is 29.3 Å². The number of ketones is 1. The third-order valence-electron chi connectivity index (χ3n) is 6.96. The highest BCUT2D eigenvalue weighted by molar-refractivity contribution is 5.99. The maximum atomic E-state index is 13.3. The zero-order valence-corrected chi connectivity index (χ0v) is 19.3. The topological polar surface area (TPSA) is 93.0 Å². The molecule has 0 atom stereocenters. The van der Waals surface area contributed by atoms with Crippen LogP contribution in [0.25, 0.3) is 11.0 Å². The fourth-order valence-corrected chi connectivity index (χ4v) is 5.22. The predicted octanol–water partition coefficient (Wildman–Crippen LogP) is 4.55. The Hall–Kier alpha value is -3.29. The molecule has 0 amide bonds. The lowest BCUT2D eigenvalue weighted by atomic mass is 10.0. The minimum atomic E-state index is -0.243. The number of rotatable bonds is 5. The second kappa shape index (κ2) is 8.92. The Morgan fingerprint density at radius 1 is 1.03 bits per heavy atom. The van der Waals surface area contributed by atoms with Crippen LogP contribution < -0.4 is 15.8 Å². The van der Waals surface area contributed by atoms with Crippen molar-refractivity contribution in [3.8, 4) is 0 Å². The Labute approximate surface area is 193 Å². The maximum absolute atomic E-state index is 13.3. The summed E-state index contributed by atoms with van der Waals surface area (Å²) in [4.78, 5) is 41.7. The maximum Gasteiger partial charge on any atom is 0.263 e.